The van der Waals surface area contributed by atoms with E-state index in [9.17, 15) is 4.79 Å². The Labute approximate surface area is 182 Å². The molecule has 4 rings (SSSR count). The van der Waals surface area contributed by atoms with Gasteiger partial charge in [-0.2, -0.15) is 4.98 Å². The molecule has 3 aromatic rings. The highest BCUT2D eigenvalue weighted by Gasteiger charge is 2.21. The molecule has 3 heterocycles. The molecule has 0 unspecified atom stereocenters. The summed E-state index contributed by atoms with van der Waals surface area (Å²) in [5.41, 5.74) is 0.726. The van der Waals surface area contributed by atoms with Crippen molar-refractivity contribution in [2.45, 2.75) is 6.54 Å². The summed E-state index contributed by atoms with van der Waals surface area (Å²) in [5.74, 6) is 1.16. The van der Waals surface area contributed by atoms with Gasteiger partial charge in [-0.05, 0) is 29.2 Å². The van der Waals surface area contributed by atoms with Crippen LogP contribution in [0.2, 0.25) is 10.0 Å². The maximum atomic E-state index is 12.5. The summed E-state index contributed by atoms with van der Waals surface area (Å²) in [4.78, 5) is 21.9. The van der Waals surface area contributed by atoms with Crippen LogP contribution in [-0.4, -0.2) is 52.0 Å². The molecule has 2 aromatic heterocycles. The van der Waals surface area contributed by atoms with Crippen molar-refractivity contribution in [1.82, 2.24) is 19.9 Å². The van der Waals surface area contributed by atoms with Crippen LogP contribution in [0.1, 0.15) is 11.5 Å². The second kappa shape index (κ2) is 9.09. The Bertz CT molecular complexity index is 1010. The zero-order valence-electron chi connectivity index (χ0n) is 15.4. The molecule has 1 fully saturated rings. The largest absolute Gasteiger partial charge is 0.338 e. The number of thiophene rings is 1. The third-order valence-electron chi connectivity index (χ3n) is 4.64. The molecule has 1 amide bonds. The van der Waals surface area contributed by atoms with Gasteiger partial charge in [0.1, 0.15) is 0 Å². The number of hydrogen-bond acceptors (Lipinski definition) is 6. The Morgan fingerprint density at radius 2 is 2.00 bits per heavy atom. The maximum absolute atomic E-state index is 12.5. The van der Waals surface area contributed by atoms with Gasteiger partial charge in [-0.25, -0.2) is 0 Å². The highest BCUT2D eigenvalue weighted by atomic mass is 35.5. The van der Waals surface area contributed by atoms with E-state index < -0.39 is 0 Å². The van der Waals surface area contributed by atoms with Crippen molar-refractivity contribution in [2.75, 3.05) is 26.2 Å². The molecule has 0 bridgehead atoms. The molecule has 1 aliphatic heterocycles. The monoisotopic (exact) mass is 448 g/mol. The number of carbonyl (C=O) groups excluding carboxylic acids is 1. The standard InChI is InChI=1S/C20H18Cl2N4O2S/c21-15-4-1-3-14(19(15)22)6-7-18(27)26-10-8-25(9-11-26)13-17-23-20(24-28-17)16-5-2-12-29-16/h1-7,12H,8-11,13H2/b7-6+. The highest BCUT2D eigenvalue weighted by molar-refractivity contribution is 7.13. The van der Waals surface area contributed by atoms with Crippen LogP contribution in [0.15, 0.2) is 46.3 Å². The van der Waals surface area contributed by atoms with E-state index >= 15 is 0 Å². The summed E-state index contributed by atoms with van der Waals surface area (Å²) >= 11 is 13.7. The minimum Gasteiger partial charge on any atom is -0.338 e. The third-order valence-corrected chi connectivity index (χ3v) is 6.34. The maximum Gasteiger partial charge on any atom is 0.246 e. The zero-order chi connectivity index (χ0) is 20.2. The Morgan fingerprint density at radius 1 is 1.17 bits per heavy atom. The van der Waals surface area contributed by atoms with Crippen LogP contribution in [-0.2, 0) is 11.3 Å². The smallest absolute Gasteiger partial charge is 0.246 e. The number of aromatic nitrogens is 2. The van der Waals surface area contributed by atoms with Gasteiger partial charge in [-0.1, -0.05) is 46.6 Å². The molecule has 1 aromatic carbocycles. The van der Waals surface area contributed by atoms with Crippen LogP contribution in [0.4, 0.5) is 0 Å². The van der Waals surface area contributed by atoms with Crippen molar-refractivity contribution in [3.63, 3.8) is 0 Å². The fraction of sp³-hybridized carbons (Fsp3) is 0.250. The summed E-state index contributed by atoms with van der Waals surface area (Å²) < 4.78 is 5.36. The number of piperazine rings is 1. The highest BCUT2D eigenvalue weighted by Crippen LogP contribution is 2.26. The predicted octanol–water partition coefficient (Wildman–Crippen LogP) is 4.46. The number of amides is 1. The van der Waals surface area contributed by atoms with E-state index in [1.165, 1.54) is 0 Å². The lowest BCUT2D eigenvalue weighted by molar-refractivity contribution is -0.127. The van der Waals surface area contributed by atoms with Crippen LogP contribution >= 0.6 is 34.5 Å². The summed E-state index contributed by atoms with van der Waals surface area (Å²) in [7, 11) is 0. The number of carbonyl (C=O) groups is 1. The fourth-order valence-electron chi connectivity index (χ4n) is 3.06. The number of nitrogens with zero attached hydrogens (tertiary/aromatic N) is 4. The summed E-state index contributed by atoms with van der Waals surface area (Å²) in [6.07, 6.45) is 3.24. The van der Waals surface area contributed by atoms with Crippen molar-refractivity contribution in [3.8, 4) is 10.7 Å². The van der Waals surface area contributed by atoms with E-state index in [2.05, 4.69) is 15.0 Å². The van der Waals surface area contributed by atoms with E-state index in [1.807, 2.05) is 28.5 Å². The number of hydrogen-bond donors (Lipinski definition) is 0. The summed E-state index contributed by atoms with van der Waals surface area (Å²) in [5, 5.41) is 6.94. The van der Waals surface area contributed by atoms with Gasteiger partial charge >= 0.3 is 0 Å². The second-order valence-corrected chi connectivity index (χ2v) is 8.30. The first kappa shape index (κ1) is 20.1. The topological polar surface area (TPSA) is 62.5 Å². The third kappa shape index (κ3) is 4.87. The van der Waals surface area contributed by atoms with E-state index in [1.54, 1.807) is 35.6 Å². The van der Waals surface area contributed by atoms with Crippen molar-refractivity contribution >= 4 is 46.5 Å². The molecular weight excluding hydrogens is 431 g/mol. The van der Waals surface area contributed by atoms with Gasteiger partial charge < -0.3 is 9.42 Å². The van der Waals surface area contributed by atoms with E-state index in [0.717, 1.165) is 23.5 Å². The average Bonchev–Trinajstić information content (AvgIpc) is 3.41. The van der Waals surface area contributed by atoms with Crippen molar-refractivity contribution < 1.29 is 9.32 Å². The fourth-order valence-corrected chi connectivity index (χ4v) is 4.08. The molecule has 9 heteroatoms. The molecule has 29 heavy (non-hydrogen) atoms. The average molecular weight is 449 g/mol. The first-order valence-electron chi connectivity index (χ1n) is 9.10. The molecule has 0 N–H and O–H groups in total. The quantitative estimate of drug-likeness (QED) is 0.539. The SMILES string of the molecule is O=C(/C=C/c1cccc(Cl)c1Cl)N1CCN(Cc2nc(-c3cccs3)no2)CC1. The molecule has 1 aliphatic rings. The van der Waals surface area contributed by atoms with E-state index in [-0.39, 0.29) is 5.91 Å². The van der Waals surface area contributed by atoms with Crippen LogP contribution < -0.4 is 0 Å². The molecule has 0 aliphatic carbocycles. The zero-order valence-corrected chi connectivity index (χ0v) is 17.8. The normalized spacial score (nSPS) is 15.3. The van der Waals surface area contributed by atoms with Crippen LogP contribution in [0.25, 0.3) is 16.8 Å². The minimum atomic E-state index is -0.0431. The Hall–Kier alpha value is -2.19. The van der Waals surface area contributed by atoms with Crippen molar-refractivity contribution in [3.05, 3.63) is 63.3 Å². The Morgan fingerprint density at radius 3 is 2.76 bits per heavy atom. The van der Waals surface area contributed by atoms with Gasteiger partial charge in [0, 0.05) is 32.3 Å². The molecule has 150 valence electrons. The lowest BCUT2D eigenvalue weighted by Gasteiger charge is -2.33. The van der Waals surface area contributed by atoms with Gasteiger partial charge in [0.05, 0.1) is 21.5 Å². The van der Waals surface area contributed by atoms with Crippen molar-refractivity contribution in [1.29, 1.82) is 0 Å². The molecule has 6 nitrogen and oxygen atoms in total. The molecule has 0 saturated carbocycles. The van der Waals surface area contributed by atoms with Crippen molar-refractivity contribution in [2.24, 2.45) is 0 Å². The lowest BCUT2D eigenvalue weighted by Crippen LogP contribution is -2.47. The first-order chi connectivity index (χ1) is 14.1. The molecule has 1 saturated heterocycles. The second-order valence-electron chi connectivity index (χ2n) is 6.57. The summed E-state index contributed by atoms with van der Waals surface area (Å²) in [6, 6.07) is 9.27. The summed E-state index contributed by atoms with van der Waals surface area (Å²) in [6.45, 7) is 3.34. The van der Waals surface area contributed by atoms with Gasteiger partial charge in [0.2, 0.25) is 17.6 Å². The molecular formula is C20H18Cl2N4O2S. The van der Waals surface area contributed by atoms with E-state index in [0.29, 0.717) is 41.4 Å². The van der Waals surface area contributed by atoms with Crippen LogP contribution in [0.3, 0.4) is 0 Å². The lowest BCUT2D eigenvalue weighted by atomic mass is 10.2. The number of benzene rings is 1. The molecule has 0 spiro atoms. The number of halogens is 2. The molecule has 0 radical (unpaired) electrons. The van der Waals surface area contributed by atoms with Gasteiger partial charge in [-0.15, -0.1) is 11.3 Å². The van der Waals surface area contributed by atoms with Gasteiger partial charge in [0.25, 0.3) is 0 Å². The number of rotatable bonds is 5. The van der Waals surface area contributed by atoms with Gasteiger partial charge in [0.15, 0.2) is 0 Å². The van der Waals surface area contributed by atoms with E-state index in [4.69, 9.17) is 27.7 Å². The Balaban J connectivity index is 1.29. The Kier molecular flexibility index (Phi) is 6.30. The predicted molar refractivity (Wildman–Crippen MR) is 115 cm³/mol. The first-order valence-corrected chi connectivity index (χ1v) is 10.7. The molecule has 0 atom stereocenters. The van der Waals surface area contributed by atoms with Crippen LogP contribution in [0.5, 0.6) is 0 Å². The van der Waals surface area contributed by atoms with Gasteiger partial charge in [-0.3, -0.25) is 9.69 Å². The minimum absolute atomic E-state index is 0.0431. The van der Waals surface area contributed by atoms with Crippen LogP contribution in [0, 0.1) is 0 Å².